The number of rotatable bonds is 5. The molecule has 9 rings (SSSR count). The second-order valence-corrected chi connectivity index (χ2v) is 12.3. The van der Waals surface area contributed by atoms with E-state index < -0.39 is 5.41 Å². The molecule has 0 aliphatic carbocycles. The fourth-order valence-electron chi connectivity index (χ4n) is 7.56. The van der Waals surface area contributed by atoms with Crippen molar-refractivity contribution >= 4 is 5.70 Å². The van der Waals surface area contributed by atoms with Gasteiger partial charge in [0.1, 0.15) is 17.7 Å². The van der Waals surface area contributed by atoms with Crippen molar-refractivity contribution in [2.75, 3.05) is 0 Å². The van der Waals surface area contributed by atoms with Gasteiger partial charge in [-0.25, -0.2) is 0 Å². The van der Waals surface area contributed by atoms with Gasteiger partial charge in [0.25, 0.3) is 0 Å². The number of hydrogen-bond acceptors (Lipinski definition) is 3. The first-order valence-electron chi connectivity index (χ1n) is 16.4. The lowest BCUT2D eigenvalue weighted by molar-refractivity contribution is 0.435. The van der Waals surface area contributed by atoms with Crippen LogP contribution in [0.15, 0.2) is 187 Å². The van der Waals surface area contributed by atoms with Crippen molar-refractivity contribution in [2.24, 2.45) is 4.99 Å². The summed E-state index contributed by atoms with van der Waals surface area (Å²) >= 11 is 0. The van der Waals surface area contributed by atoms with E-state index in [1.54, 1.807) is 0 Å². The highest BCUT2D eigenvalue weighted by molar-refractivity contribution is 5.82. The van der Waals surface area contributed by atoms with Crippen molar-refractivity contribution in [3.63, 3.8) is 0 Å². The lowest BCUT2D eigenvalue weighted by Crippen LogP contribution is -2.39. The van der Waals surface area contributed by atoms with E-state index in [0.29, 0.717) is 0 Å². The van der Waals surface area contributed by atoms with Gasteiger partial charge >= 0.3 is 0 Å². The van der Waals surface area contributed by atoms with Gasteiger partial charge in [-0.3, -0.25) is 4.99 Å². The van der Waals surface area contributed by atoms with Crippen LogP contribution in [0.4, 0.5) is 0 Å². The summed E-state index contributed by atoms with van der Waals surface area (Å²) in [6.45, 7) is 0. The second-order valence-electron chi connectivity index (χ2n) is 12.3. The van der Waals surface area contributed by atoms with E-state index in [4.69, 9.17) is 9.73 Å². The van der Waals surface area contributed by atoms with Gasteiger partial charge in [0.05, 0.1) is 16.5 Å². The predicted octanol–water partition coefficient (Wildman–Crippen LogP) is 8.92. The Morgan fingerprint density at radius 3 is 1.90 bits per heavy atom. The maximum Gasteiger partial charge on any atom is 0.145 e. The normalized spacial score (nSPS) is 15.5. The Balaban J connectivity index is 1.29. The zero-order chi connectivity index (χ0) is 31.9. The quantitative estimate of drug-likeness (QED) is 0.210. The Bertz CT molecular complexity index is 2360. The van der Waals surface area contributed by atoms with Crippen LogP contribution in [-0.2, 0) is 5.41 Å². The Labute approximate surface area is 280 Å². The van der Waals surface area contributed by atoms with Crippen molar-refractivity contribution < 1.29 is 4.74 Å². The Kier molecular flexibility index (Phi) is 6.76. The average molecular weight is 617 g/mol. The van der Waals surface area contributed by atoms with Crippen LogP contribution < -0.4 is 20.6 Å². The van der Waals surface area contributed by atoms with E-state index in [1.807, 2.05) is 6.07 Å². The summed E-state index contributed by atoms with van der Waals surface area (Å²) in [6, 6.07) is 64.4. The lowest BCUT2D eigenvalue weighted by atomic mass is 9.62. The van der Waals surface area contributed by atoms with Crippen molar-refractivity contribution in [3.8, 4) is 22.6 Å². The van der Waals surface area contributed by atoms with Crippen LogP contribution in [0.2, 0.25) is 0 Å². The summed E-state index contributed by atoms with van der Waals surface area (Å²) in [6.07, 6.45) is -0.182. The van der Waals surface area contributed by atoms with Crippen LogP contribution in [-0.4, -0.2) is 0 Å². The highest BCUT2D eigenvalue weighted by atomic mass is 16.5. The fraction of sp³-hybridized carbons (Fsp3) is 0.0444. The van der Waals surface area contributed by atoms with Crippen LogP contribution in [0.25, 0.3) is 16.8 Å². The molecule has 0 bridgehead atoms. The second kappa shape index (κ2) is 11.6. The molecule has 48 heavy (non-hydrogen) atoms. The van der Waals surface area contributed by atoms with Crippen LogP contribution >= 0.6 is 0 Å². The molecule has 0 amide bonds. The standard InChI is InChI=1S/C45H32N2O/c1-4-16-31(17-5-1)44-46-39-27-12-10-24-37(39)43(47-44)33-19-14-18-32(30-33)36-25-15-29-41-42(36)45(34-20-6-2-7-21-34,35-22-8-3-9-23-35)38-26-11-13-28-40(38)48-41/h1-30,44,47H. The van der Waals surface area contributed by atoms with Crippen LogP contribution in [0.1, 0.15) is 39.5 Å². The van der Waals surface area contributed by atoms with Crippen molar-refractivity contribution in [2.45, 2.75) is 11.6 Å². The largest absolute Gasteiger partial charge is 0.457 e. The number of para-hydroxylation sites is 2. The highest BCUT2D eigenvalue weighted by Gasteiger charge is 2.46. The maximum absolute atomic E-state index is 6.76. The summed E-state index contributed by atoms with van der Waals surface area (Å²) in [5.41, 5.74) is 9.60. The highest BCUT2D eigenvalue weighted by Crippen LogP contribution is 2.57. The minimum atomic E-state index is -0.612. The third-order valence-electron chi connectivity index (χ3n) is 9.63. The van der Waals surface area contributed by atoms with E-state index >= 15 is 0 Å². The number of fused-ring (bicyclic) bond motifs is 3. The molecule has 0 radical (unpaired) electrons. The molecule has 7 aromatic carbocycles. The Morgan fingerprint density at radius 2 is 1.12 bits per heavy atom. The third-order valence-corrected chi connectivity index (χ3v) is 9.63. The summed E-state index contributed by atoms with van der Waals surface area (Å²) in [4.78, 5) is 5.09. The zero-order valence-electron chi connectivity index (χ0n) is 26.3. The molecule has 0 saturated carbocycles. The molecule has 3 heteroatoms. The van der Waals surface area contributed by atoms with Gasteiger partial charge in [0.2, 0.25) is 0 Å². The number of nitrogens with one attached hydrogen (secondary N) is 1. The SMILES string of the molecule is c1ccc(C2N=c3ccccc3=C(c3cccc(-c4cccc5c4C(c4ccccc4)(c4ccccc4)c4ccccc4O5)c3)N2)cc1. The minimum Gasteiger partial charge on any atom is -0.457 e. The monoisotopic (exact) mass is 616 g/mol. The molecular weight excluding hydrogens is 585 g/mol. The van der Waals surface area contributed by atoms with Gasteiger partial charge in [-0.1, -0.05) is 158 Å². The molecule has 0 saturated heterocycles. The van der Waals surface area contributed by atoms with E-state index in [1.165, 1.54) is 11.1 Å². The number of benzene rings is 7. The fourth-order valence-corrected chi connectivity index (χ4v) is 7.56. The molecule has 2 heterocycles. The molecular formula is C45H32N2O. The van der Waals surface area contributed by atoms with Gasteiger partial charge in [-0.2, -0.15) is 0 Å². The van der Waals surface area contributed by atoms with Crippen molar-refractivity contribution in [1.29, 1.82) is 0 Å². The maximum atomic E-state index is 6.76. The first kappa shape index (κ1) is 28.1. The van der Waals surface area contributed by atoms with E-state index in [2.05, 4.69) is 181 Å². The summed E-state index contributed by atoms with van der Waals surface area (Å²) in [5.74, 6) is 1.74. The molecule has 1 atom stereocenters. The zero-order valence-corrected chi connectivity index (χ0v) is 26.3. The van der Waals surface area contributed by atoms with Gasteiger partial charge in [-0.05, 0) is 57.6 Å². The molecule has 0 spiro atoms. The molecule has 1 unspecified atom stereocenters. The van der Waals surface area contributed by atoms with Gasteiger partial charge in [-0.15, -0.1) is 0 Å². The van der Waals surface area contributed by atoms with E-state index in [-0.39, 0.29) is 6.17 Å². The smallest absolute Gasteiger partial charge is 0.145 e. The number of hydrogen-bond donors (Lipinski definition) is 1. The lowest BCUT2D eigenvalue weighted by Gasteiger charge is -2.42. The third kappa shape index (κ3) is 4.47. The number of nitrogens with zero attached hydrogens (tertiary/aromatic N) is 1. The summed E-state index contributed by atoms with van der Waals surface area (Å²) in [5, 5.41) is 5.87. The summed E-state index contributed by atoms with van der Waals surface area (Å²) < 4.78 is 6.76. The van der Waals surface area contributed by atoms with Crippen LogP contribution in [0.3, 0.4) is 0 Å². The van der Waals surface area contributed by atoms with Crippen molar-refractivity contribution in [1.82, 2.24) is 5.32 Å². The molecule has 0 aromatic heterocycles. The van der Waals surface area contributed by atoms with Crippen LogP contribution in [0.5, 0.6) is 11.5 Å². The van der Waals surface area contributed by atoms with Gasteiger partial charge in [0.15, 0.2) is 0 Å². The van der Waals surface area contributed by atoms with E-state index in [9.17, 15) is 0 Å². The number of ether oxygens (including phenoxy) is 1. The van der Waals surface area contributed by atoms with E-state index in [0.717, 1.165) is 61.2 Å². The Hall–Kier alpha value is -6.19. The van der Waals surface area contributed by atoms with Gasteiger partial charge in [0, 0.05) is 16.3 Å². The Morgan fingerprint density at radius 1 is 0.521 bits per heavy atom. The van der Waals surface area contributed by atoms with Gasteiger partial charge < -0.3 is 10.1 Å². The predicted molar refractivity (Wildman–Crippen MR) is 192 cm³/mol. The van der Waals surface area contributed by atoms with Crippen molar-refractivity contribution in [3.05, 3.63) is 226 Å². The molecule has 0 fully saturated rings. The average Bonchev–Trinajstić information content (AvgIpc) is 3.17. The molecule has 3 nitrogen and oxygen atoms in total. The molecule has 2 aliphatic heterocycles. The molecule has 228 valence electrons. The topological polar surface area (TPSA) is 33.6 Å². The first-order chi connectivity index (χ1) is 23.8. The first-order valence-corrected chi connectivity index (χ1v) is 16.4. The molecule has 2 aliphatic rings. The molecule has 7 aromatic rings. The minimum absolute atomic E-state index is 0.182. The van der Waals surface area contributed by atoms with Crippen LogP contribution in [0, 0.1) is 0 Å². The summed E-state index contributed by atoms with van der Waals surface area (Å²) in [7, 11) is 0. The molecule has 1 N–H and O–H groups in total.